The molecule has 18 heavy (non-hydrogen) atoms. The van der Waals surface area contributed by atoms with Gasteiger partial charge in [0, 0.05) is 6.42 Å². The Morgan fingerprint density at radius 1 is 1.11 bits per heavy atom. The van der Waals surface area contributed by atoms with Gasteiger partial charge in [-0.15, -0.1) is 0 Å². The summed E-state index contributed by atoms with van der Waals surface area (Å²) in [7, 11) is 0. The van der Waals surface area contributed by atoms with Gasteiger partial charge in [-0.2, -0.15) is 0 Å². The highest BCUT2D eigenvalue weighted by Crippen LogP contribution is 2.60. The van der Waals surface area contributed by atoms with Crippen molar-refractivity contribution in [2.45, 2.75) is 74.8 Å². The highest BCUT2D eigenvalue weighted by molar-refractivity contribution is 5.70. The van der Waals surface area contributed by atoms with Crippen LogP contribution in [0.25, 0.3) is 0 Å². The van der Waals surface area contributed by atoms with Crippen LogP contribution in [0.5, 0.6) is 0 Å². The molecule has 4 fully saturated rings. The maximum atomic E-state index is 11.2. The maximum Gasteiger partial charge on any atom is 0.306 e. The average molecular weight is 252 g/mol. The van der Waals surface area contributed by atoms with Crippen LogP contribution in [0.4, 0.5) is 0 Å². The summed E-state index contributed by atoms with van der Waals surface area (Å²) in [6.07, 6.45) is 8.95. The quantitative estimate of drug-likeness (QED) is 0.781. The molecule has 0 aromatic heterocycles. The van der Waals surface area contributed by atoms with Crippen molar-refractivity contribution in [1.82, 2.24) is 0 Å². The van der Waals surface area contributed by atoms with Crippen molar-refractivity contribution in [1.29, 1.82) is 0 Å². The van der Waals surface area contributed by atoms with Crippen molar-refractivity contribution in [3.8, 4) is 0 Å². The Morgan fingerprint density at radius 2 is 1.89 bits per heavy atom. The normalized spacial score (nSPS) is 53.2. The Balaban J connectivity index is 1.47. The molecule has 4 heteroatoms. The fourth-order valence-electron chi connectivity index (χ4n) is 4.36. The molecule has 2 saturated heterocycles. The van der Waals surface area contributed by atoms with Crippen molar-refractivity contribution in [3.05, 3.63) is 0 Å². The number of carboxylic acid groups (broad SMARTS) is 1. The SMILES string of the molecule is O=C(O)C1CCC2OC2(CC23CCCCC2O3)C1. The first-order valence-corrected chi connectivity index (χ1v) is 7.22. The first kappa shape index (κ1) is 11.2. The molecule has 0 amide bonds. The summed E-state index contributed by atoms with van der Waals surface area (Å²) in [5, 5.41) is 9.18. The van der Waals surface area contributed by atoms with E-state index in [0.717, 1.165) is 25.7 Å². The fraction of sp³-hybridized carbons (Fsp3) is 0.929. The third kappa shape index (κ3) is 1.55. The van der Waals surface area contributed by atoms with Crippen molar-refractivity contribution < 1.29 is 19.4 Å². The van der Waals surface area contributed by atoms with E-state index in [1.165, 1.54) is 19.3 Å². The molecule has 5 atom stereocenters. The molecule has 0 bridgehead atoms. The molecule has 2 aliphatic carbocycles. The summed E-state index contributed by atoms with van der Waals surface area (Å²) in [4.78, 5) is 11.2. The summed E-state index contributed by atoms with van der Waals surface area (Å²) in [6, 6.07) is 0. The van der Waals surface area contributed by atoms with E-state index in [1.807, 2.05) is 0 Å². The van der Waals surface area contributed by atoms with E-state index in [4.69, 9.17) is 9.47 Å². The molecule has 2 heterocycles. The molecule has 4 rings (SSSR count). The number of hydrogen-bond acceptors (Lipinski definition) is 3. The number of fused-ring (bicyclic) bond motifs is 2. The van der Waals surface area contributed by atoms with Gasteiger partial charge in [-0.3, -0.25) is 4.79 Å². The van der Waals surface area contributed by atoms with Crippen molar-refractivity contribution in [3.63, 3.8) is 0 Å². The Bertz CT molecular complexity index is 395. The van der Waals surface area contributed by atoms with Gasteiger partial charge in [0.05, 0.1) is 29.3 Å². The Hall–Kier alpha value is -0.610. The molecule has 1 N–H and O–H groups in total. The van der Waals surface area contributed by atoms with Gasteiger partial charge in [-0.1, -0.05) is 12.8 Å². The second-order valence-corrected chi connectivity index (χ2v) is 6.58. The third-order valence-electron chi connectivity index (χ3n) is 5.45. The number of hydrogen-bond donors (Lipinski definition) is 1. The predicted molar refractivity (Wildman–Crippen MR) is 63.3 cm³/mol. The first-order valence-electron chi connectivity index (χ1n) is 7.22. The Labute approximate surface area is 107 Å². The van der Waals surface area contributed by atoms with Crippen LogP contribution in [0.1, 0.15) is 51.4 Å². The molecular formula is C14H20O4. The van der Waals surface area contributed by atoms with E-state index in [0.29, 0.717) is 18.6 Å². The van der Waals surface area contributed by atoms with Crippen LogP contribution in [0, 0.1) is 5.92 Å². The van der Waals surface area contributed by atoms with E-state index >= 15 is 0 Å². The number of carbonyl (C=O) groups is 1. The van der Waals surface area contributed by atoms with Gasteiger partial charge in [-0.05, 0) is 32.1 Å². The molecule has 100 valence electrons. The van der Waals surface area contributed by atoms with Gasteiger partial charge in [0.15, 0.2) is 0 Å². The standard InChI is InChI=1S/C14H20O4/c15-12(16)9-4-5-11-14(7-9,18-11)8-13-6-2-1-3-10(13)17-13/h9-11H,1-8H2,(H,15,16). The van der Waals surface area contributed by atoms with Crippen LogP contribution in [0.3, 0.4) is 0 Å². The first-order chi connectivity index (χ1) is 8.64. The zero-order valence-corrected chi connectivity index (χ0v) is 10.6. The topological polar surface area (TPSA) is 62.4 Å². The van der Waals surface area contributed by atoms with Gasteiger partial charge >= 0.3 is 5.97 Å². The summed E-state index contributed by atoms with van der Waals surface area (Å²) < 4.78 is 11.8. The van der Waals surface area contributed by atoms with E-state index in [-0.39, 0.29) is 17.1 Å². The highest BCUT2D eigenvalue weighted by Gasteiger charge is 2.68. The largest absolute Gasteiger partial charge is 0.481 e. The summed E-state index contributed by atoms with van der Waals surface area (Å²) in [5.74, 6) is -0.862. The fourth-order valence-corrected chi connectivity index (χ4v) is 4.36. The smallest absolute Gasteiger partial charge is 0.306 e. The molecule has 0 aromatic rings. The van der Waals surface area contributed by atoms with Crippen LogP contribution in [-0.4, -0.2) is 34.5 Å². The molecule has 5 unspecified atom stereocenters. The predicted octanol–water partition coefficient (Wildman–Crippen LogP) is 2.11. The van der Waals surface area contributed by atoms with Crippen LogP contribution in [0.15, 0.2) is 0 Å². The van der Waals surface area contributed by atoms with Gasteiger partial charge in [0.2, 0.25) is 0 Å². The van der Waals surface area contributed by atoms with E-state index in [1.54, 1.807) is 0 Å². The van der Waals surface area contributed by atoms with Crippen molar-refractivity contribution in [2.75, 3.05) is 0 Å². The van der Waals surface area contributed by atoms with Crippen LogP contribution >= 0.6 is 0 Å². The number of rotatable bonds is 3. The Kier molecular flexibility index (Phi) is 2.17. The molecule has 0 aromatic carbocycles. The van der Waals surface area contributed by atoms with Crippen LogP contribution < -0.4 is 0 Å². The van der Waals surface area contributed by atoms with Crippen LogP contribution in [0.2, 0.25) is 0 Å². The number of carboxylic acids is 1. The molecular weight excluding hydrogens is 232 g/mol. The minimum Gasteiger partial charge on any atom is -0.481 e. The molecule has 4 aliphatic rings. The van der Waals surface area contributed by atoms with Gasteiger partial charge in [0.25, 0.3) is 0 Å². The van der Waals surface area contributed by atoms with Crippen molar-refractivity contribution >= 4 is 5.97 Å². The van der Waals surface area contributed by atoms with E-state index in [9.17, 15) is 9.90 Å². The van der Waals surface area contributed by atoms with E-state index < -0.39 is 5.97 Å². The molecule has 2 saturated carbocycles. The summed E-state index contributed by atoms with van der Waals surface area (Å²) in [6.45, 7) is 0. The van der Waals surface area contributed by atoms with Crippen LogP contribution in [-0.2, 0) is 14.3 Å². The summed E-state index contributed by atoms with van der Waals surface area (Å²) in [5.41, 5.74) is -0.0825. The van der Waals surface area contributed by atoms with Gasteiger partial charge in [0.1, 0.15) is 0 Å². The number of ether oxygens (including phenoxy) is 2. The summed E-state index contributed by atoms with van der Waals surface area (Å²) >= 11 is 0. The van der Waals surface area contributed by atoms with Gasteiger partial charge < -0.3 is 14.6 Å². The molecule has 0 radical (unpaired) electrons. The third-order valence-corrected chi connectivity index (χ3v) is 5.45. The monoisotopic (exact) mass is 252 g/mol. The highest BCUT2D eigenvalue weighted by atomic mass is 16.6. The number of aliphatic carboxylic acids is 1. The second-order valence-electron chi connectivity index (χ2n) is 6.58. The lowest BCUT2D eigenvalue weighted by Crippen LogP contribution is -2.35. The lowest BCUT2D eigenvalue weighted by Gasteiger charge is -2.26. The second kappa shape index (κ2) is 3.48. The maximum absolute atomic E-state index is 11.2. The minimum absolute atomic E-state index is 0.0629. The molecule has 0 spiro atoms. The average Bonchev–Trinajstić information content (AvgIpc) is 3.20. The molecule has 4 nitrogen and oxygen atoms in total. The van der Waals surface area contributed by atoms with Crippen molar-refractivity contribution in [2.24, 2.45) is 5.92 Å². The Morgan fingerprint density at radius 3 is 2.67 bits per heavy atom. The van der Waals surface area contributed by atoms with E-state index in [2.05, 4.69) is 0 Å². The zero-order chi connectivity index (χ0) is 12.4. The van der Waals surface area contributed by atoms with Gasteiger partial charge in [-0.25, -0.2) is 0 Å². The minimum atomic E-state index is -0.655. The molecule has 2 aliphatic heterocycles. The lowest BCUT2D eigenvalue weighted by molar-refractivity contribution is -0.143. The zero-order valence-electron chi connectivity index (χ0n) is 10.6. The number of epoxide rings is 2. The lowest BCUT2D eigenvalue weighted by atomic mass is 9.74.